The van der Waals surface area contributed by atoms with Crippen molar-refractivity contribution in [2.75, 3.05) is 80.9 Å². The second-order valence-electron chi connectivity index (χ2n) is 16.4. The maximum absolute atomic E-state index is 12.2. The monoisotopic (exact) mass is 931 g/mol. The Bertz CT molecular complexity index is 1940. The Morgan fingerprint density at radius 3 is 1.88 bits per heavy atom. The molecule has 16 heteroatoms. The van der Waals surface area contributed by atoms with E-state index in [2.05, 4.69) is 61.7 Å². The van der Waals surface area contributed by atoms with E-state index in [9.17, 15) is 29.2 Å². The summed E-state index contributed by atoms with van der Waals surface area (Å²) in [7, 11) is 7.33. The normalized spacial score (nSPS) is 13.5. The third-order valence-electron chi connectivity index (χ3n) is 9.21. The fourth-order valence-electron chi connectivity index (χ4n) is 5.32. The summed E-state index contributed by atoms with van der Waals surface area (Å²) in [6.45, 7) is 17.6. The molecule has 67 heavy (non-hydrogen) atoms. The van der Waals surface area contributed by atoms with Gasteiger partial charge in [0.15, 0.2) is 0 Å². The number of morpholine rings is 1. The number of allylic oxidation sites excluding steroid dienone is 6. The number of rotatable bonds is 22. The summed E-state index contributed by atoms with van der Waals surface area (Å²) in [5, 5.41) is 20.8. The Balaban J connectivity index is 0.000000994. The average Bonchev–Trinajstić information content (AvgIpc) is 3.29. The molecule has 1 aromatic rings. The molecule has 368 valence electrons. The van der Waals surface area contributed by atoms with Gasteiger partial charge in [0.2, 0.25) is 0 Å². The first-order valence-electron chi connectivity index (χ1n) is 22.5. The summed E-state index contributed by atoms with van der Waals surface area (Å²) >= 11 is 0. The molecule has 16 nitrogen and oxygen atoms in total. The van der Waals surface area contributed by atoms with E-state index in [0.29, 0.717) is 32.3 Å². The lowest BCUT2D eigenvalue weighted by Crippen LogP contribution is -2.31. The summed E-state index contributed by atoms with van der Waals surface area (Å²) in [6, 6.07) is 11.9. The zero-order valence-corrected chi connectivity index (χ0v) is 41.6. The zero-order valence-electron chi connectivity index (χ0n) is 41.6. The number of nitriles is 2. The minimum atomic E-state index is -0.743. The number of carbonyl (C=O) groups excluding carboxylic acids is 5. The van der Waals surface area contributed by atoms with Crippen LogP contribution in [0.4, 0.5) is 0 Å². The number of unbranched alkanes of at least 4 members (excludes halogenated alkanes) is 1. The van der Waals surface area contributed by atoms with E-state index in [0.717, 1.165) is 44.3 Å². The number of carbonyl (C=O) groups is 5. The number of amides is 1. The highest BCUT2D eigenvalue weighted by Crippen LogP contribution is 2.22. The molecule has 1 atom stereocenters. The SMILES string of the molecule is CC(=O)OCCOC(=O)C(C#N)=CC=CN(C)C.CC(C)(C)c1ccc(CNC(=O)C(C#N)=CC=CN2CCOCC2)cc1.CCCCC(CC)COC(=O)C(=CC=CN(C)C)C(=O)OCC. The van der Waals surface area contributed by atoms with Gasteiger partial charge in [-0.25, -0.2) is 14.4 Å². The maximum Gasteiger partial charge on any atom is 0.349 e. The van der Waals surface area contributed by atoms with E-state index in [4.69, 9.17) is 24.2 Å². The summed E-state index contributed by atoms with van der Waals surface area (Å²) in [5.41, 5.74) is 2.27. The molecule has 1 aliphatic heterocycles. The second kappa shape index (κ2) is 35.6. The first-order chi connectivity index (χ1) is 31.8. The van der Waals surface area contributed by atoms with Gasteiger partial charge in [-0.3, -0.25) is 9.59 Å². The highest BCUT2D eigenvalue weighted by Gasteiger charge is 2.22. The van der Waals surface area contributed by atoms with Gasteiger partial charge >= 0.3 is 23.9 Å². The quantitative estimate of drug-likeness (QED) is 0.0185. The zero-order chi connectivity index (χ0) is 50.6. The van der Waals surface area contributed by atoms with Gasteiger partial charge < -0.3 is 43.7 Å². The Kier molecular flexibility index (Phi) is 32.1. The van der Waals surface area contributed by atoms with Crippen molar-refractivity contribution in [3.8, 4) is 12.1 Å². The van der Waals surface area contributed by atoms with E-state index in [1.54, 1.807) is 54.6 Å². The molecular formula is C51H74N6O10. The predicted molar refractivity (Wildman–Crippen MR) is 258 cm³/mol. The molecule has 0 aromatic heterocycles. The van der Waals surface area contributed by atoms with Gasteiger partial charge in [-0.2, -0.15) is 10.5 Å². The van der Waals surface area contributed by atoms with Crippen LogP contribution in [-0.2, 0) is 59.6 Å². The van der Waals surface area contributed by atoms with Crippen molar-refractivity contribution in [3.05, 3.63) is 107 Å². The van der Waals surface area contributed by atoms with Gasteiger partial charge in [0, 0.05) is 54.7 Å². The smallest absolute Gasteiger partial charge is 0.349 e. The van der Waals surface area contributed by atoms with Crippen molar-refractivity contribution in [1.82, 2.24) is 20.0 Å². The number of nitrogens with zero attached hydrogens (tertiary/aromatic N) is 5. The summed E-state index contributed by atoms with van der Waals surface area (Å²) in [5.74, 6) is -2.49. The van der Waals surface area contributed by atoms with Gasteiger partial charge in [-0.1, -0.05) is 78.1 Å². The van der Waals surface area contributed by atoms with Crippen LogP contribution in [0.2, 0.25) is 0 Å². The number of ether oxygens (including phenoxy) is 5. The minimum absolute atomic E-state index is 0.0205. The van der Waals surface area contributed by atoms with Crippen molar-refractivity contribution in [2.24, 2.45) is 5.92 Å². The van der Waals surface area contributed by atoms with Crippen LogP contribution in [0, 0.1) is 28.6 Å². The van der Waals surface area contributed by atoms with Crippen LogP contribution in [-0.4, -0.2) is 125 Å². The fourth-order valence-corrected chi connectivity index (χ4v) is 5.32. The Hall–Kier alpha value is -6.65. The molecule has 0 radical (unpaired) electrons. The second-order valence-corrected chi connectivity index (χ2v) is 16.4. The molecule has 1 amide bonds. The maximum atomic E-state index is 12.2. The van der Waals surface area contributed by atoms with Crippen LogP contribution in [0.1, 0.15) is 85.3 Å². The Morgan fingerprint density at radius 2 is 1.36 bits per heavy atom. The standard InChI is InChI=1S/C21H27N3O2.C18H31NO4.C12H16N2O4/c1-21(2,3)19-8-6-17(7-9-19)16-23-20(25)18(15-22)5-4-10-24-11-13-26-14-12-24;1-6-9-11-15(7-2)14-23-18(21)16(17(20)22-8-3)12-10-13-19(4)5;1-10(15)17-7-8-18-12(16)11(9-13)5-4-6-14(2)3/h4-10H,11-14,16H2,1-3H3,(H,23,25);10,12-13,15H,6-9,11,14H2,1-5H3;4-6H,7-8H2,1-3H3. The topological polar surface area (TPSA) is 201 Å². The van der Waals surface area contributed by atoms with E-state index >= 15 is 0 Å². The molecule has 1 saturated heterocycles. The Morgan fingerprint density at radius 1 is 0.791 bits per heavy atom. The lowest BCUT2D eigenvalue weighted by atomic mass is 9.87. The number of hydrogen-bond donors (Lipinski definition) is 1. The van der Waals surface area contributed by atoms with Gasteiger partial charge in [0.05, 0.1) is 26.4 Å². The van der Waals surface area contributed by atoms with Crippen LogP contribution in [0.15, 0.2) is 96.0 Å². The highest BCUT2D eigenvalue weighted by molar-refractivity contribution is 6.14. The van der Waals surface area contributed by atoms with Crippen molar-refractivity contribution in [1.29, 1.82) is 10.5 Å². The Labute approximate surface area is 399 Å². The molecule has 0 spiro atoms. The summed E-state index contributed by atoms with van der Waals surface area (Å²) < 4.78 is 24.9. The van der Waals surface area contributed by atoms with Crippen molar-refractivity contribution in [3.63, 3.8) is 0 Å². The third-order valence-corrected chi connectivity index (χ3v) is 9.21. The molecule has 1 aromatic carbocycles. The highest BCUT2D eigenvalue weighted by atomic mass is 16.6. The number of benzene rings is 1. The van der Waals surface area contributed by atoms with E-state index in [-0.39, 0.29) is 47.9 Å². The molecule has 0 aliphatic carbocycles. The lowest BCUT2D eigenvalue weighted by molar-refractivity contribution is -0.148. The van der Waals surface area contributed by atoms with Crippen molar-refractivity contribution in [2.45, 2.75) is 86.1 Å². The van der Waals surface area contributed by atoms with Crippen molar-refractivity contribution < 1.29 is 47.7 Å². The molecule has 1 fully saturated rings. The van der Waals surface area contributed by atoms with Crippen LogP contribution >= 0.6 is 0 Å². The lowest BCUT2D eigenvalue weighted by Gasteiger charge is -2.24. The summed E-state index contributed by atoms with van der Waals surface area (Å²) in [4.78, 5) is 63.8. The van der Waals surface area contributed by atoms with Crippen LogP contribution in [0.5, 0.6) is 0 Å². The van der Waals surface area contributed by atoms with Crippen LogP contribution in [0.3, 0.4) is 0 Å². The molecule has 1 N–H and O–H groups in total. The number of esters is 4. The van der Waals surface area contributed by atoms with Crippen LogP contribution < -0.4 is 5.32 Å². The molecule has 1 aliphatic rings. The predicted octanol–water partition coefficient (Wildman–Crippen LogP) is 6.82. The molecule has 0 saturated carbocycles. The van der Waals surface area contributed by atoms with Gasteiger partial charge in [0.1, 0.15) is 42.1 Å². The first kappa shape index (κ1) is 60.4. The minimum Gasteiger partial charge on any atom is -0.462 e. The van der Waals surface area contributed by atoms with Crippen LogP contribution in [0.25, 0.3) is 0 Å². The molecule has 2 rings (SSSR count). The molecule has 1 unspecified atom stereocenters. The largest absolute Gasteiger partial charge is 0.462 e. The fraction of sp³-hybridized carbons (Fsp3) is 0.510. The molecule has 1 heterocycles. The van der Waals surface area contributed by atoms with E-state index in [1.807, 2.05) is 57.5 Å². The van der Waals surface area contributed by atoms with Crippen molar-refractivity contribution >= 4 is 29.8 Å². The first-order valence-corrected chi connectivity index (χ1v) is 22.5. The third kappa shape index (κ3) is 29.5. The number of nitrogens with one attached hydrogen (secondary N) is 1. The van der Waals surface area contributed by atoms with Gasteiger partial charge in [-0.15, -0.1) is 0 Å². The average molecular weight is 931 g/mol. The number of hydrogen-bond acceptors (Lipinski definition) is 15. The summed E-state index contributed by atoms with van der Waals surface area (Å²) in [6.07, 6.45) is 18.8. The van der Waals surface area contributed by atoms with E-state index in [1.165, 1.54) is 24.6 Å². The van der Waals surface area contributed by atoms with E-state index < -0.39 is 23.9 Å². The van der Waals surface area contributed by atoms with Gasteiger partial charge in [0.25, 0.3) is 5.91 Å². The molecular weight excluding hydrogens is 857 g/mol. The molecule has 0 bridgehead atoms. The van der Waals surface area contributed by atoms with Gasteiger partial charge in [-0.05, 0) is 90.9 Å².